The predicted molar refractivity (Wildman–Crippen MR) is 46.5 cm³/mol. The lowest BCUT2D eigenvalue weighted by molar-refractivity contribution is -0.149. The van der Waals surface area contributed by atoms with Crippen LogP contribution in [-0.4, -0.2) is 18.1 Å². The molecule has 0 radical (unpaired) electrons. The lowest BCUT2D eigenvalue weighted by atomic mass is 9.98. The monoisotopic (exact) mass is 180 g/mol. The zero-order valence-electron chi connectivity index (χ0n) is 7.76. The Morgan fingerprint density at radius 2 is 2.62 bits per heavy atom. The van der Waals surface area contributed by atoms with Gasteiger partial charge in [0.2, 0.25) is 0 Å². The van der Waals surface area contributed by atoms with Crippen LogP contribution in [-0.2, 0) is 9.53 Å². The zero-order chi connectivity index (χ0) is 9.90. The van der Waals surface area contributed by atoms with Gasteiger partial charge in [-0.2, -0.15) is 5.26 Å². The van der Waals surface area contributed by atoms with Crippen molar-refractivity contribution in [2.24, 2.45) is 0 Å². The minimum atomic E-state index is -0.749. The molecule has 0 saturated heterocycles. The number of carbonyl (C=O) groups excluding carboxylic acids is 1. The van der Waals surface area contributed by atoms with Gasteiger partial charge in [-0.3, -0.25) is 0 Å². The highest BCUT2D eigenvalue weighted by Gasteiger charge is 2.38. The third kappa shape index (κ3) is 1.81. The van der Waals surface area contributed by atoms with E-state index in [1.54, 1.807) is 20.0 Å². The van der Waals surface area contributed by atoms with E-state index in [0.717, 1.165) is 0 Å². The molecule has 0 aromatic rings. The third-order valence-electron chi connectivity index (χ3n) is 1.98. The highest BCUT2D eigenvalue weighted by atomic mass is 16.5. The molecule has 70 valence electrons. The van der Waals surface area contributed by atoms with Crippen LogP contribution in [0.25, 0.3) is 0 Å². The number of ether oxygens (including phenoxy) is 1. The van der Waals surface area contributed by atoms with Gasteiger partial charge in [-0.05, 0) is 13.8 Å². The maximum Gasteiger partial charge on any atom is 0.331 e. The number of nitrogens with one attached hydrogen (secondary N) is 1. The summed E-state index contributed by atoms with van der Waals surface area (Å²) in [5, 5.41) is 11.5. The van der Waals surface area contributed by atoms with Gasteiger partial charge in [0, 0.05) is 18.2 Å². The van der Waals surface area contributed by atoms with Crippen LogP contribution in [0.2, 0.25) is 0 Å². The largest absolute Gasteiger partial charge is 0.464 e. The van der Waals surface area contributed by atoms with E-state index in [-0.39, 0.29) is 5.97 Å². The molecule has 1 N–H and O–H groups in total. The number of hydrogen-bond donors (Lipinski definition) is 1. The smallest absolute Gasteiger partial charge is 0.331 e. The zero-order valence-corrected chi connectivity index (χ0v) is 7.76. The van der Waals surface area contributed by atoms with Gasteiger partial charge in [0.25, 0.3) is 0 Å². The van der Waals surface area contributed by atoms with E-state index in [2.05, 4.69) is 5.32 Å². The molecule has 4 nitrogen and oxygen atoms in total. The second-order valence-electron chi connectivity index (χ2n) is 3.16. The quantitative estimate of drug-likeness (QED) is 0.636. The van der Waals surface area contributed by atoms with E-state index in [4.69, 9.17) is 10.00 Å². The molecule has 0 bridgehead atoms. The Kier molecular flexibility index (Phi) is 2.57. The Balaban J connectivity index is 2.63. The van der Waals surface area contributed by atoms with Gasteiger partial charge in [0.1, 0.15) is 5.54 Å². The standard InChI is InChI=1S/C9H12N2O2/c1-3-13-8(12)9(2)4-7(5-10)6-11-9/h6,11H,3-4H2,1-2H3. The van der Waals surface area contributed by atoms with Crippen molar-refractivity contribution in [2.75, 3.05) is 6.61 Å². The molecule has 0 amide bonds. The van der Waals surface area contributed by atoms with Crippen molar-refractivity contribution in [3.8, 4) is 6.07 Å². The Bertz CT molecular complexity index is 290. The Hall–Kier alpha value is -1.50. The van der Waals surface area contributed by atoms with E-state index < -0.39 is 5.54 Å². The third-order valence-corrected chi connectivity index (χ3v) is 1.98. The molecule has 1 rings (SSSR count). The van der Waals surface area contributed by atoms with Crippen LogP contribution >= 0.6 is 0 Å². The predicted octanol–water partition coefficient (Wildman–Crippen LogP) is 0.709. The van der Waals surface area contributed by atoms with Gasteiger partial charge < -0.3 is 10.1 Å². The molecular formula is C9H12N2O2. The fraction of sp³-hybridized carbons (Fsp3) is 0.556. The van der Waals surface area contributed by atoms with Crippen LogP contribution in [0.15, 0.2) is 11.8 Å². The summed E-state index contributed by atoms with van der Waals surface area (Å²) < 4.78 is 4.88. The molecule has 1 heterocycles. The highest BCUT2D eigenvalue weighted by molar-refractivity contribution is 5.82. The molecule has 0 saturated carbocycles. The summed E-state index contributed by atoms with van der Waals surface area (Å²) in [5.74, 6) is -0.309. The number of hydrogen-bond acceptors (Lipinski definition) is 4. The first-order valence-corrected chi connectivity index (χ1v) is 4.16. The fourth-order valence-electron chi connectivity index (χ4n) is 1.22. The van der Waals surface area contributed by atoms with Crippen LogP contribution in [0.1, 0.15) is 20.3 Å². The minimum absolute atomic E-state index is 0.309. The van der Waals surface area contributed by atoms with Crippen LogP contribution in [0.4, 0.5) is 0 Å². The average Bonchev–Trinajstić information content (AvgIpc) is 2.49. The van der Waals surface area contributed by atoms with Crippen molar-refractivity contribution in [3.05, 3.63) is 11.8 Å². The summed E-state index contributed by atoms with van der Waals surface area (Å²) in [5.41, 5.74) is -0.170. The van der Waals surface area contributed by atoms with Crippen molar-refractivity contribution in [1.82, 2.24) is 5.32 Å². The molecule has 4 heteroatoms. The number of nitrogens with zero attached hydrogens (tertiary/aromatic N) is 1. The molecular weight excluding hydrogens is 168 g/mol. The van der Waals surface area contributed by atoms with Crippen LogP contribution < -0.4 is 5.32 Å². The number of rotatable bonds is 2. The SMILES string of the molecule is CCOC(=O)C1(C)CC(C#N)=CN1. The Labute approximate surface area is 77.2 Å². The van der Waals surface area contributed by atoms with Gasteiger partial charge in [-0.1, -0.05) is 0 Å². The topological polar surface area (TPSA) is 62.1 Å². The molecule has 1 aliphatic heterocycles. The van der Waals surface area contributed by atoms with E-state index in [1.807, 2.05) is 6.07 Å². The molecule has 0 aliphatic carbocycles. The van der Waals surface area contributed by atoms with E-state index >= 15 is 0 Å². The summed E-state index contributed by atoms with van der Waals surface area (Å²) in [6, 6.07) is 2.01. The molecule has 1 atom stereocenters. The van der Waals surface area contributed by atoms with Crippen molar-refractivity contribution in [1.29, 1.82) is 5.26 Å². The average molecular weight is 180 g/mol. The lowest BCUT2D eigenvalue weighted by Crippen LogP contribution is -2.45. The number of esters is 1. The van der Waals surface area contributed by atoms with Gasteiger partial charge in [0.15, 0.2) is 0 Å². The van der Waals surface area contributed by atoms with E-state index in [0.29, 0.717) is 18.6 Å². The second-order valence-corrected chi connectivity index (χ2v) is 3.16. The number of nitriles is 1. The first kappa shape index (κ1) is 9.59. The maximum absolute atomic E-state index is 11.4. The van der Waals surface area contributed by atoms with Crippen LogP contribution in [0.3, 0.4) is 0 Å². The summed E-state index contributed by atoms with van der Waals surface area (Å²) in [6.07, 6.45) is 1.97. The van der Waals surface area contributed by atoms with Gasteiger partial charge in [-0.25, -0.2) is 4.79 Å². The highest BCUT2D eigenvalue weighted by Crippen LogP contribution is 2.23. The lowest BCUT2D eigenvalue weighted by Gasteiger charge is -2.21. The number of carbonyl (C=O) groups is 1. The van der Waals surface area contributed by atoms with Crippen molar-refractivity contribution in [2.45, 2.75) is 25.8 Å². The van der Waals surface area contributed by atoms with Crippen molar-refractivity contribution >= 4 is 5.97 Å². The van der Waals surface area contributed by atoms with Gasteiger partial charge >= 0.3 is 5.97 Å². The second kappa shape index (κ2) is 3.48. The summed E-state index contributed by atoms with van der Waals surface area (Å²) in [4.78, 5) is 11.4. The summed E-state index contributed by atoms with van der Waals surface area (Å²) in [6.45, 7) is 3.85. The first-order chi connectivity index (χ1) is 6.12. The fourth-order valence-corrected chi connectivity index (χ4v) is 1.22. The molecule has 0 spiro atoms. The van der Waals surface area contributed by atoms with Gasteiger partial charge in [-0.15, -0.1) is 0 Å². The van der Waals surface area contributed by atoms with Crippen LogP contribution in [0.5, 0.6) is 0 Å². The van der Waals surface area contributed by atoms with Crippen molar-refractivity contribution < 1.29 is 9.53 Å². The summed E-state index contributed by atoms with van der Waals surface area (Å²) >= 11 is 0. The molecule has 13 heavy (non-hydrogen) atoms. The van der Waals surface area contributed by atoms with Crippen molar-refractivity contribution in [3.63, 3.8) is 0 Å². The molecule has 1 unspecified atom stereocenters. The molecule has 1 aliphatic rings. The van der Waals surface area contributed by atoms with Gasteiger partial charge in [0.05, 0.1) is 12.7 Å². The Morgan fingerprint density at radius 3 is 3.08 bits per heavy atom. The van der Waals surface area contributed by atoms with E-state index in [9.17, 15) is 4.79 Å². The Morgan fingerprint density at radius 1 is 1.92 bits per heavy atom. The maximum atomic E-state index is 11.4. The first-order valence-electron chi connectivity index (χ1n) is 4.16. The minimum Gasteiger partial charge on any atom is -0.464 e. The van der Waals surface area contributed by atoms with E-state index in [1.165, 1.54) is 0 Å². The normalized spacial score (nSPS) is 25.8. The molecule has 0 aromatic heterocycles. The summed E-state index contributed by atoms with van der Waals surface area (Å²) in [7, 11) is 0. The molecule has 0 aromatic carbocycles. The van der Waals surface area contributed by atoms with Crippen LogP contribution in [0, 0.1) is 11.3 Å². The molecule has 0 fully saturated rings.